The van der Waals surface area contributed by atoms with E-state index < -0.39 is 6.17 Å². The Labute approximate surface area is 88.0 Å². The maximum atomic E-state index is 13.3. The fourth-order valence-corrected chi connectivity index (χ4v) is 1.77. The first kappa shape index (κ1) is 10.6. The summed E-state index contributed by atoms with van der Waals surface area (Å²) in [6.07, 6.45) is -0.904. The minimum absolute atomic E-state index is 0.171. The molecule has 1 aliphatic rings. The Morgan fingerprint density at radius 1 is 1.60 bits per heavy atom. The number of hydrogen-bond donors (Lipinski definition) is 0. The first-order valence-electron chi connectivity index (χ1n) is 5.01. The zero-order valence-corrected chi connectivity index (χ0v) is 8.94. The SMILES string of the molecule is Cc1cc(CN(C)[C@@H]2COC[C@H]2F)on1. The molecule has 4 nitrogen and oxygen atoms in total. The number of aryl methyl sites for hydroxylation is 1. The first-order chi connectivity index (χ1) is 7.16. The summed E-state index contributed by atoms with van der Waals surface area (Å²) in [4.78, 5) is 1.90. The molecule has 0 N–H and O–H groups in total. The van der Waals surface area contributed by atoms with Gasteiger partial charge in [0.15, 0.2) is 5.76 Å². The van der Waals surface area contributed by atoms with Crippen LogP contribution in [0.25, 0.3) is 0 Å². The number of alkyl halides is 1. The number of likely N-dealkylation sites (N-methyl/N-ethyl adjacent to an activating group) is 1. The van der Waals surface area contributed by atoms with Gasteiger partial charge in [0, 0.05) is 6.07 Å². The van der Waals surface area contributed by atoms with Gasteiger partial charge in [-0.25, -0.2) is 4.39 Å². The van der Waals surface area contributed by atoms with Crippen molar-refractivity contribution in [3.8, 4) is 0 Å². The first-order valence-corrected chi connectivity index (χ1v) is 5.01. The largest absolute Gasteiger partial charge is 0.377 e. The Balaban J connectivity index is 1.94. The van der Waals surface area contributed by atoms with Crippen molar-refractivity contribution in [2.45, 2.75) is 25.7 Å². The van der Waals surface area contributed by atoms with Crippen LogP contribution in [0, 0.1) is 6.92 Å². The fraction of sp³-hybridized carbons (Fsp3) is 0.700. The molecule has 0 amide bonds. The molecule has 0 saturated carbocycles. The number of rotatable bonds is 3. The van der Waals surface area contributed by atoms with Gasteiger partial charge in [0.1, 0.15) is 6.17 Å². The summed E-state index contributed by atoms with van der Waals surface area (Å²) in [6.45, 7) is 3.08. The number of halogens is 1. The van der Waals surface area contributed by atoms with Crippen molar-refractivity contribution in [3.05, 3.63) is 17.5 Å². The summed E-state index contributed by atoms with van der Waals surface area (Å²) in [5, 5.41) is 3.79. The topological polar surface area (TPSA) is 38.5 Å². The summed E-state index contributed by atoms with van der Waals surface area (Å²) in [5.41, 5.74) is 0.845. The van der Waals surface area contributed by atoms with Gasteiger partial charge in [-0.1, -0.05) is 5.16 Å². The Morgan fingerprint density at radius 3 is 2.93 bits per heavy atom. The molecule has 1 fully saturated rings. The van der Waals surface area contributed by atoms with E-state index in [2.05, 4.69) is 5.16 Å². The van der Waals surface area contributed by atoms with Crippen LogP contribution in [0.4, 0.5) is 4.39 Å². The highest BCUT2D eigenvalue weighted by Crippen LogP contribution is 2.17. The Kier molecular flexibility index (Phi) is 3.02. The van der Waals surface area contributed by atoms with Crippen LogP contribution in [-0.4, -0.2) is 42.5 Å². The minimum atomic E-state index is -0.904. The second kappa shape index (κ2) is 4.28. The van der Waals surface area contributed by atoms with Gasteiger partial charge in [0.25, 0.3) is 0 Å². The van der Waals surface area contributed by atoms with Gasteiger partial charge >= 0.3 is 0 Å². The van der Waals surface area contributed by atoms with E-state index in [1.807, 2.05) is 24.9 Å². The fourth-order valence-electron chi connectivity index (χ4n) is 1.77. The van der Waals surface area contributed by atoms with Crippen LogP contribution in [-0.2, 0) is 11.3 Å². The van der Waals surface area contributed by atoms with Gasteiger partial charge in [0.2, 0.25) is 0 Å². The molecule has 15 heavy (non-hydrogen) atoms. The van der Waals surface area contributed by atoms with E-state index >= 15 is 0 Å². The Morgan fingerprint density at radius 2 is 2.40 bits per heavy atom. The van der Waals surface area contributed by atoms with Crippen LogP contribution in [0.1, 0.15) is 11.5 Å². The molecular formula is C10H15FN2O2. The van der Waals surface area contributed by atoms with Crippen molar-refractivity contribution in [3.63, 3.8) is 0 Å². The highest BCUT2D eigenvalue weighted by molar-refractivity contribution is 5.03. The van der Waals surface area contributed by atoms with Crippen LogP contribution in [0.3, 0.4) is 0 Å². The zero-order valence-electron chi connectivity index (χ0n) is 8.94. The lowest BCUT2D eigenvalue weighted by Gasteiger charge is -2.22. The van der Waals surface area contributed by atoms with Gasteiger partial charge in [-0.2, -0.15) is 0 Å². The number of nitrogens with zero attached hydrogens (tertiary/aromatic N) is 2. The molecule has 2 atom stereocenters. The highest BCUT2D eigenvalue weighted by Gasteiger charge is 2.31. The Bertz CT molecular complexity index is 329. The van der Waals surface area contributed by atoms with E-state index in [1.54, 1.807) is 0 Å². The van der Waals surface area contributed by atoms with Crippen LogP contribution in [0.15, 0.2) is 10.6 Å². The third-order valence-corrected chi connectivity index (χ3v) is 2.63. The lowest BCUT2D eigenvalue weighted by Crippen LogP contribution is -2.37. The van der Waals surface area contributed by atoms with E-state index in [9.17, 15) is 4.39 Å². The monoisotopic (exact) mass is 214 g/mol. The summed E-state index contributed by atoms with van der Waals surface area (Å²) in [7, 11) is 1.86. The molecule has 0 aliphatic carbocycles. The summed E-state index contributed by atoms with van der Waals surface area (Å²) in [6, 6.07) is 1.69. The van der Waals surface area contributed by atoms with E-state index in [-0.39, 0.29) is 12.6 Å². The smallest absolute Gasteiger partial charge is 0.150 e. The van der Waals surface area contributed by atoms with Gasteiger partial charge in [0.05, 0.1) is 31.5 Å². The Hall–Kier alpha value is -0.940. The van der Waals surface area contributed by atoms with Gasteiger partial charge < -0.3 is 9.26 Å². The second-order valence-electron chi connectivity index (χ2n) is 3.97. The maximum Gasteiger partial charge on any atom is 0.150 e. The lowest BCUT2D eigenvalue weighted by atomic mass is 10.2. The molecule has 0 unspecified atom stereocenters. The molecule has 1 saturated heterocycles. The van der Waals surface area contributed by atoms with Crippen molar-refractivity contribution in [1.82, 2.24) is 10.1 Å². The lowest BCUT2D eigenvalue weighted by molar-refractivity contribution is 0.144. The van der Waals surface area contributed by atoms with E-state index in [0.29, 0.717) is 13.2 Å². The van der Waals surface area contributed by atoms with E-state index in [0.717, 1.165) is 11.5 Å². The number of aromatic nitrogens is 1. The molecule has 0 aromatic carbocycles. The van der Waals surface area contributed by atoms with Crippen LogP contribution >= 0.6 is 0 Å². The summed E-state index contributed by atoms with van der Waals surface area (Å²) < 4.78 is 23.5. The summed E-state index contributed by atoms with van der Waals surface area (Å²) in [5.74, 6) is 0.758. The van der Waals surface area contributed by atoms with Crippen LogP contribution in [0.2, 0.25) is 0 Å². The normalized spacial score (nSPS) is 26.4. The molecule has 2 heterocycles. The third-order valence-electron chi connectivity index (χ3n) is 2.63. The van der Waals surface area contributed by atoms with Gasteiger partial charge in [-0.05, 0) is 14.0 Å². The van der Waals surface area contributed by atoms with Crippen LogP contribution in [0.5, 0.6) is 0 Å². The average molecular weight is 214 g/mol. The molecule has 5 heteroatoms. The molecule has 0 radical (unpaired) electrons. The quantitative estimate of drug-likeness (QED) is 0.756. The molecular weight excluding hydrogens is 199 g/mol. The molecule has 1 aromatic heterocycles. The van der Waals surface area contributed by atoms with Crippen molar-refractivity contribution in [1.29, 1.82) is 0 Å². The maximum absolute atomic E-state index is 13.3. The predicted molar refractivity (Wildman–Crippen MR) is 52.2 cm³/mol. The zero-order chi connectivity index (χ0) is 10.8. The van der Waals surface area contributed by atoms with Crippen molar-refractivity contribution in [2.24, 2.45) is 0 Å². The summed E-state index contributed by atoms with van der Waals surface area (Å²) >= 11 is 0. The molecule has 84 valence electrons. The molecule has 1 aliphatic heterocycles. The number of hydrogen-bond acceptors (Lipinski definition) is 4. The van der Waals surface area contributed by atoms with E-state index in [4.69, 9.17) is 9.26 Å². The standard InChI is InChI=1S/C10H15FN2O2/c1-7-3-8(15-12-7)4-13(2)10-6-14-5-9(10)11/h3,9-10H,4-6H2,1-2H3/t9-,10-/m1/s1. The third kappa shape index (κ3) is 2.35. The van der Waals surface area contributed by atoms with Crippen molar-refractivity contribution in [2.75, 3.05) is 20.3 Å². The number of ether oxygens (including phenoxy) is 1. The molecule has 0 spiro atoms. The van der Waals surface area contributed by atoms with Crippen molar-refractivity contribution >= 4 is 0 Å². The second-order valence-corrected chi connectivity index (χ2v) is 3.97. The molecule has 0 bridgehead atoms. The van der Waals surface area contributed by atoms with Gasteiger partial charge in [-0.3, -0.25) is 4.90 Å². The van der Waals surface area contributed by atoms with Crippen LogP contribution < -0.4 is 0 Å². The van der Waals surface area contributed by atoms with Crippen molar-refractivity contribution < 1.29 is 13.7 Å². The van der Waals surface area contributed by atoms with Gasteiger partial charge in [-0.15, -0.1) is 0 Å². The molecule has 1 aromatic rings. The predicted octanol–water partition coefficient (Wildman–Crippen LogP) is 1.15. The minimum Gasteiger partial charge on any atom is -0.377 e. The van der Waals surface area contributed by atoms with E-state index in [1.165, 1.54) is 0 Å². The average Bonchev–Trinajstić information content (AvgIpc) is 2.75. The molecule has 2 rings (SSSR count). The highest BCUT2D eigenvalue weighted by atomic mass is 19.1.